The average molecular weight is 342 g/mol. The predicted molar refractivity (Wildman–Crippen MR) is 98.0 cm³/mol. The predicted octanol–water partition coefficient (Wildman–Crippen LogP) is 4.18. The maximum atomic E-state index is 12.8. The van der Waals surface area contributed by atoms with Crippen LogP contribution in [0.5, 0.6) is 0 Å². The Kier molecular flexibility index (Phi) is 4.74. The molecule has 0 bridgehead atoms. The summed E-state index contributed by atoms with van der Waals surface area (Å²) in [5.41, 5.74) is 5.65. The Morgan fingerprint density at radius 3 is 2.58 bits per heavy atom. The van der Waals surface area contributed by atoms with Crippen LogP contribution >= 0.6 is 11.6 Å². The van der Waals surface area contributed by atoms with Crippen molar-refractivity contribution in [3.8, 4) is 0 Å². The summed E-state index contributed by atoms with van der Waals surface area (Å²) in [6.07, 6.45) is 0.134. The van der Waals surface area contributed by atoms with E-state index < -0.39 is 0 Å². The molecule has 0 unspecified atom stereocenters. The fraction of sp³-hybridized carbons (Fsp3) is 0.250. The zero-order valence-corrected chi connectivity index (χ0v) is 14.6. The summed E-state index contributed by atoms with van der Waals surface area (Å²) in [5, 5.41) is 10.0. The Hall–Kier alpha value is -2.10. The molecule has 1 heterocycles. The zero-order valence-electron chi connectivity index (χ0n) is 13.8. The van der Waals surface area contributed by atoms with Gasteiger partial charge in [0.2, 0.25) is 5.91 Å². The second kappa shape index (κ2) is 6.80. The molecular formula is C20H20ClNO2. The summed E-state index contributed by atoms with van der Waals surface area (Å²) in [4.78, 5) is 14.5. The van der Waals surface area contributed by atoms with Gasteiger partial charge in [-0.1, -0.05) is 48.0 Å². The number of fused-ring (bicyclic) bond motifs is 1. The Morgan fingerprint density at radius 2 is 1.88 bits per heavy atom. The third kappa shape index (κ3) is 3.10. The van der Waals surface area contributed by atoms with Crippen LogP contribution in [0.4, 0.5) is 5.69 Å². The molecule has 1 aliphatic heterocycles. The summed E-state index contributed by atoms with van der Waals surface area (Å²) in [5.74, 6) is -0.0552. The molecule has 0 atom stereocenters. The maximum Gasteiger partial charge on any atom is 0.231 e. The van der Waals surface area contributed by atoms with Crippen LogP contribution in [0.1, 0.15) is 28.7 Å². The highest BCUT2D eigenvalue weighted by molar-refractivity contribution is 6.50. The maximum absolute atomic E-state index is 12.8. The monoisotopic (exact) mass is 341 g/mol. The molecule has 1 aliphatic rings. The average Bonchev–Trinajstić information content (AvgIpc) is 2.68. The Bertz CT molecular complexity index is 826. The molecule has 0 saturated heterocycles. The van der Waals surface area contributed by atoms with Crippen LogP contribution in [-0.4, -0.2) is 17.6 Å². The third-order valence-electron chi connectivity index (χ3n) is 4.51. The molecule has 0 radical (unpaired) electrons. The number of aliphatic hydroxyl groups excluding tert-OH is 1. The molecule has 4 heteroatoms. The number of benzene rings is 2. The van der Waals surface area contributed by atoms with Crippen LogP contribution in [-0.2, 0) is 11.3 Å². The van der Waals surface area contributed by atoms with Gasteiger partial charge < -0.3 is 10.0 Å². The molecule has 24 heavy (non-hydrogen) atoms. The number of amides is 1. The van der Waals surface area contributed by atoms with Crippen molar-refractivity contribution in [1.82, 2.24) is 0 Å². The van der Waals surface area contributed by atoms with E-state index in [4.69, 9.17) is 11.6 Å². The fourth-order valence-corrected chi connectivity index (χ4v) is 3.24. The highest BCUT2D eigenvalue weighted by Gasteiger charge is 2.26. The molecule has 2 aromatic rings. The highest BCUT2D eigenvalue weighted by Crippen LogP contribution is 2.37. The van der Waals surface area contributed by atoms with E-state index >= 15 is 0 Å². The van der Waals surface area contributed by atoms with Crippen molar-refractivity contribution >= 4 is 28.2 Å². The SMILES string of the molecule is Cc1ccc(CN2C(=O)CC(CO)=C(Cl)c3ccccc32)cc1C. The zero-order chi connectivity index (χ0) is 17.3. The lowest BCUT2D eigenvalue weighted by Gasteiger charge is -2.23. The minimum absolute atomic E-state index is 0.0552. The van der Waals surface area contributed by atoms with Gasteiger partial charge in [-0.2, -0.15) is 0 Å². The Labute approximate surface area is 147 Å². The van der Waals surface area contributed by atoms with Gasteiger partial charge in [0, 0.05) is 5.56 Å². The smallest absolute Gasteiger partial charge is 0.231 e. The number of carbonyl (C=O) groups excluding carboxylic acids is 1. The van der Waals surface area contributed by atoms with Crippen molar-refractivity contribution < 1.29 is 9.90 Å². The molecule has 0 fully saturated rings. The number of para-hydroxylation sites is 1. The van der Waals surface area contributed by atoms with Crippen LogP contribution in [0.3, 0.4) is 0 Å². The van der Waals surface area contributed by atoms with Crippen LogP contribution in [0.2, 0.25) is 0 Å². The second-order valence-corrected chi connectivity index (χ2v) is 6.55. The molecule has 1 amide bonds. The number of carbonyl (C=O) groups is 1. The van der Waals surface area contributed by atoms with E-state index in [2.05, 4.69) is 26.0 Å². The summed E-state index contributed by atoms with van der Waals surface area (Å²) in [6.45, 7) is 4.41. The summed E-state index contributed by atoms with van der Waals surface area (Å²) < 4.78 is 0. The first-order valence-corrected chi connectivity index (χ1v) is 8.33. The number of anilines is 1. The summed E-state index contributed by atoms with van der Waals surface area (Å²) in [6, 6.07) is 13.8. The van der Waals surface area contributed by atoms with Crippen molar-refractivity contribution in [2.75, 3.05) is 11.5 Å². The van der Waals surface area contributed by atoms with Crippen LogP contribution < -0.4 is 4.90 Å². The van der Waals surface area contributed by atoms with Gasteiger partial charge >= 0.3 is 0 Å². The number of hydrogen-bond donors (Lipinski definition) is 1. The molecule has 3 rings (SSSR count). The van der Waals surface area contributed by atoms with Crippen molar-refractivity contribution in [1.29, 1.82) is 0 Å². The van der Waals surface area contributed by atoms with Gasteiger partial charge in [0.05, 0.1) is 30.3 Å². The molecule has 3 nitrogen and oxygen atoms in total. The molecular weight excluding hydrogens is 322 g/mol. The second-order valence-electron chi connectivity index (χ2n) is 6.17. The van der Waals surface area contributed by atoms with Crippen molar-refractivity contribution in [2.24, 2.45) is 0 Å². The molecule has 0 spiro atoms. The normalized spacial score (nSPS) is 14.7. The molecule has 0 aromatic heterocycles. The van der Waals surface area contributed by atoms with Crippen LogP contribution in [0.25, 0.3) is 5.03 Å². The molecule has 124 valence electrons. The van der Waals surface area contributed by atoms with Gasteiger partial charge in [-0.05, 0) is 42.2 Å². The fourth-order valence-electron chi connectivity index (χ4n) is 2.96. The van der Waals surface area contributed by atoms with Gasteiger partial charge in [0.15, 0.2) is 0 Å². The standard InChI is InChI=1S/C20H20ClNO2/c1-13-7-8-15(9-14(13)2)11-22-18-6-4-3-5-17(18)20(21)16(12-23)10-19(22)24/h3-9,23H,10-12H2,1-2H3. The number of halogens is 1. The quantitative estimate of drug-likeness (QED) is 0.909. The van der Waals surface area contributed by atoms with E-state index in [0.29, 0.717) is 17.2 Å². The lowest BCUT2D eigenvalue weighted by molar-refractivity contribution is -0.118. The largest absolute Gasteiger partial charge is 0.392 e. The van der Waals surface area contributed by atoms with Gasteiger partial charge in [-0.3, -0.25) is 4.79 Å². The molecule has 0 aliphatic carbocycles. The van der Waals surface area contributed by atoms with E-state index in [1.807, 2.05) is 30.3 Å². The van der Waals surface area contributed by atoms with E-state index in [9.17, 15) is 9.90 Å². The van der Waals surface area contributed by atoms with E-state index in [0.717, 1.165) is 16.8 Å². The highest BCUT2D eigenvalue weighted by atomic mass is 35.5. The lowest BCUT2D eigenvalue weighted by Crippen LogP contribution is -2.30. The molecule has 2 aromatic carbocycles. The minimum atomic E-state index is -0.212. The van der Waals surface area contributed by atoms with Gasteiger partial charge in [0.1, 0.15) is 0 Å². The molecule has 0 saturated carbocycles. The number of aryl methyl sites for hydroxylation is 2. The number of hydrogen-bond acceptors (Lipinski definition) is 2. The van der Waals surface area contributed by atoms with Gasteiger partial charge in [-0.15, -0.1) is 0 Å². The van der Waals surface area contributed by atoms with Crippen LogP contribution in [0.15, 0.2) is 48.0 Å². The van der Waals surface area contributed by atoms with Crippen LogP contribution in [0, 0.1) is 13.8 Å². The number of aliphatic hydroxyl groups is 1. The first-order chi connectivity index (χ1) is 11.5. The Balaban J connectivity index is 2.04. The number of rotatable bonds is 3. The Morgan fingerprint density at radius 1 is 1.12 bits per heavy atom. The third-order valence-corrected chi connectivity index (χ3v) is 4.98. The van der Waals surface area contributed by atoms with Gasteiger partial charge in [-0.25, -0.2) is 0 Å². The topological polar surface area (TPSA) is 40.5 Å². The summed E-state index contributed by atoms with van der Waals surface area (Å²) >= 11 is 6.44. The van der Waals surface area contributed by atoms with E-state index in [-0.39, 0.29) is 18.9 Å². The van der Waals surface area contributed by atoms with E-state index in [1.54, 1.807) is 4.90 Å². The van der Waals surface area contributed by atoms with Crippen molar-refractivity contribution in [3.63, 3.8) is 0 Å². The lowest BCUT2D eigenvalue weighted by atomic mass is 10.1. The van der Waals surface area contributed by atoms with E-state index in [1.165, 1.54) is 11.1 Å². The minimum Gasteiger partial charge on any atom is -0.392 e. The number of nitrogens with zero attached hydrogens (tertiary/aromatic N) is 1. The van der Waals surface area contributed by atoms with Gasteiger partial charge in [0.25, 0.3) is 0 Å². The van der Waals surface area contributed by atoms with Crippen molar-refractivity contribution in [3.05, 3.63) is 70.3 Å². The molecule has 1 N–H and O–H groups in total. The summed E-state index contributed by atoms with van der Waals surface area (Å²) in [7, 11) is 0. The van der Waals surface area contributed by atoms with Crippen molar-refractivity contribution in [2.45, 2.75) is 26.8 Å². The first-order valence-electron chi connectivity index (χ1n) is 7.95. The first kappa shape index (κ1) is 16.7.